The molecule has 0 N–H and O–H groups in total. The van der Waals surface area contributed by atoms with Crippen molar-refractivity contribution in [3.05, 3.63) is 35.1 Å². The van der Waals surface area contributed by atoms with E-state index in [0.717, 1.165) is 31.4 Å². The first-order valence-corrected chi connectivity index (χ1v) is 6.71. The van der Waals surface area contributed by atoms with Crippen LogP contribution in [0.3, 0.4) is 0 Å². The van der Waals surface area contributed by atoms with E-state index in [2.05, 4.69) is 0 Å². The van der Waals surface area contributed by atoms with Gasteiger partial charge in [0, 0.05) is 20.2 Å². The van der Waals surface area contributed by atoms with Gasteiger partial charge in [-0.25, -0.2) is 4.39 Å². The molecule has 0 bridgehead atoms. The number of ether oxygens (including phenoxy) is 1. The van der Waals surface area contributed by atoms with Crippen LogP contribution in [0.1, 0.15) is 35.2 Å². The number of halogens is 1. The van der Waals surface area contributed by atoms with Crippen molar-refractivity contribution in [2.24, 2.45) is 0 Å². The lowest BCUT2D eigenvalue weighted by molar-refractivity contribution is -0.000271. The third kappa shape index (κ3) is 3.53. The molecular formula is C15H20FNO2. The van der Waals surface area contributed by atoms with Crippen molar-refractivity contribution in [2.45, 2.75) is 32.3 Å². The Balaban J connectivity index is 2.03. The van der Waals surface area contributed by atoms with Gasteiger partial charge in [0.25, 0.3) is 5.91 Å². The summed E-state index contributed by atoms with van der Waals surface area (Å²) in [4.78, 5) is 13.8. The van der Waals surface area contributed by atoms with Gasteiger partial charge in [-0.05, 0) is 38.3 Å². The van der Waals surface area contributed by atoms with Gasteiger partial charge in [-0.3, -0.25) is 4.79 Å². The van der Waals surface area contributed by atoms with Crippen LogP contribution < -0.4 is 0 Å². The highest BCUT2D eigenvalue weighted by Crippen LogP contribution is 2.16. The average molecular weight is 265 g/mol. The van der Waals surface area contributed by atoms with Gasteiger partial charge in [0.15, 0.2) is 0 Å². The van der Waals surface area contributed by atoms with Crippen LogP contribution in [-0.2, 0) is 4.74 Å². The zero-order valence-electron chi connectivity index (χ0n) is 11.5. The van der Waals surface area contributed by atoms with Crippen LogP contribution in [0.25, 0.3) is 0 Å². The second kappa shape index (κ2) is 6.15. The maximum atomic E-state index is 13.7. The number of amides is 1. The normalized spacial score (nSPS) is 19.2. The molecule has 0 aromatic heterocycles. The van der Waals surface area contributed by atoms with Gasteiger partial charge in [0.1, 0.15) is 5.82 Å². The molecule has 0 spiro atoms. The van der Waals surface area contributed by atoms with E-state index >= 15 is 0 Å². The molecule has 1 amide bonds. The van der Waals surface area contributed by atoms with E-state index in [1.54, 1.807) is 24.1 Å². The van der Waals surface area contributed by atoms with Crippen LogP contribution in [-0.4, -0.2) is 37.1 Å². The van der Waals surface area contributed by atoms with Crippen molar-refractivity contribution in [1.82, 2.24) is 4.90 Å². The number of benzene rings is 1. The molecule has 0 saturated carbocycles. The lowest BCUT2D eigenvalue weighted by Crippen LogP contribution is -2.37. The minimum absolute atomic E-state index is 0.0792. The highest BCUT2D eigenvalue weighted by atomic mass is 19.1. The van der Waals surface area contributed by atoms with Gasteiger partial charge in [-0.15, -0.1) is 0 Å². The summed E-state index contributed by atoms with van der Waals surface area (Å²) in [6.07, 6.45) is 3.26. The summed E-state index contributed by atoms with van der Waals surface area (Å²) in [6.45, 7) is 3.12. The molecule has 1 aliphatic rings. The number of carbonyl (C=O) groups is 1. The summed E-state index contributed by atoms with van der Waals surface area (Å²) in [5, 5.41) is 0. The number of nitrogens with zero attached hydrogens (tertiary/aromatic N) is 1. The fourth-order valence-corrected chi connectivity index (χ4v) is 2.35. The van der Waals surface area contributed by atoms with E-state index in [4.69, 9.17) is 4.74 Å². The minimum Gasteiger partial charge on any atom is -0.376 e. The monoisotopic (exact) mass is 265 g/mol. The lowest BCUT2D eigenvalue weighted by Gasteiger charge is -2.27. The molecule has 1 fully saturated rings. The fourth-order valence-electron chi connectivity index (χ4n) is 2.35. The Bertz CT molecular complexity index is 455. The van der Waals surface area contributed by atoms with Crippen LogP contribution in [0.2, 0.25) is 0 Å². The Morgan fingerprint density at radius 2 is 2.26 bits per heavy atom. The third-order valence-corrected chi connectivity index (χ3v) is 3.45. The first-order valence-electron chi connectivity index (χ1n) is 6.71. The Morgan fingerprint density at radius 1 is 1.47 bits per heavy atom. The van der Waals surface area contributed by atoms with Crippen LogP contribution in [0.15, 0.2) is 18.2 Å². The standard InChI is InChI=1S/C15H20FNO2/c1-11-6-7-14(16)13(9-11)15(18)17(2)10-12-5-3-4-8-19-12/h6-7,9,12H,3-5,8,10H2,1-2H3. The molecule has 1 aromatic rings. The van der Waals surface area contributed by atoms with Gasteiger partial charge in [0.2, 0.25) is 0 Å². The second-order valence-electron chi connectivity index (χ2n) is 5.16. The van der Waals surface area contributed by atoms with E-state index in [0.29, 0.717) is 6.54 Å². The molecular weight excluding hydrogens is 245 g/mol. The molecule has 3 nitrogen and oxygen atoms in total. The van der Waals surface area contributed by atoms with E-state index in [-0.39, 0.29) is 17.6 Å². The zero-order chi connectivity index (χ0) is 13.8. The summed E-state index contributed by atoms with van der Waals surface area (Å²) in [5.41, 5.74) is 1.02. The van der Waals surface area contributed by atoms with Crippen LogP contribution in [0.5, 0.6) is 0 Å². The van der Waals surface area contributed by atoms with Crippen LogP contribution in [0, 0.1) is 12.7 Å². The molecule has 104 valence electrons. The van der Waals surface area contributed by atoms with Crippen molar-refractivity contribution in [1.29, 1.82) is 0 Å². The number of carbonyl (C=O) groups excluding carboxylic acids is 1. The minimum atomic E-state index is -0.466. The number of hydrogen-bond donors (Lipinski definition) is 0. The largest absolute Gasteiger partial charge is 0.376 e. The third-order valence-electron chi connectivity index (χ3n) is 3.45. The number of rotatable bonds is 3. The number of aryl methyl sites for hydroxylation is 1. The first-order chi connectivity index (χ1) is 9.08. The van der Waals surface area contributed by atoms with Gasteiger partial charge >= 0.3 is 0 Å². The summed E-state index contributed by atoms with van der Waals surface area (Å²) < 4.78 is 19.3. The maximum absolute atomic E-state index is 13.7. The van der Waals surface area contributed by atoms with Gasteiger partial charge in [-0.1, -0.05) is 11.6 Å². The molecule has 19 heavy (non-hydrogen) atoms. The van der Waals surface area contributed by atoms with Gasteiger partial charge in [-0.2, -0.15) is 0 Å². The smallest absolute Gasteiger partial charge is 0.256 e. The van der Waals surface area contributed by atoms with Crippen LogP contribution >= 0.6 is 0 Å². The maximum Gasteiger partial charge on any atom is 0.256 e. The van der Waals surface area contributed by atoms with Gasteiger partial charge < -0.3 is 9.64 Å². The molecule has 1 unspecified atom stereocenters. The SMILES string of the molecule is Cc1ccc(F)c(C(=O)N(C)CC2CCCCO2)c1. The number of likely N-dealkylation sites (N-methyl/N-ethyl adjacent to an activating group) is 1. The molecule has 0 radical (unpaired) electrons. The topological polar surface area (TPSA) is 29.5 Å². The molecule has 1 aromatic carbocycles. The van der Waals surface area contributed by atoms with E-state index < -0.39 is 5.82 Å². The van der Waals surface area contributed by atoms with Crippen LogP contribution in [0.4, 0.5) is 4.39 Å². The van der Waals surface area contributed by atoms with Crippen molar-refractivity contribution < 1.29 is 13.9 Å². The highest BCUT2D eigenvalue weighted by Gasteiger charge is 2.21. The molecule has 0 aliphatic carbocycles. The first kappa shape index (κ1) is 14.0. The highest BCUT2D eigenvalue weighted by molar-refractivity contribution is 5.94. The fraction of sp³-hybridized carbons (Fsp3) is 0.533. The number of hydrogen-bond acceptors (Lipinski definition) is 2. The molecule has 4 heteroatoms. The average Bonchev–Trinajstić information content (AvgIpc) is 2.42. The van der Waals surface area contributed by atoms with Crippen molar-refractivity contribution in [3.8, 4) is 0 Å². The molecule has 1 heterocycles. The Labute approximate surface area is 113 Å². The van der Waals surface area contributed by atoms with E-state index in [9.17, 15) is 9.18 Å². The summed E-state index contributed by atoms with van der Waals surface area (Å²) in [6, 6.07) is 4.60. The Kier molecular flexibility index (Phi) is 4.53. The predicted molar refractivity (Wildman–Crippen MR) is 71.7 cm³/mol. The zero-order valence-corrected chi connectivity index (χ0v) is 11.5. The summed E-state index contributed by atoms with van der Waals surface area (Å²) in [5.74, 6) is -0.748. The lowest BCUT2D eigenvalue weighted by atomic mass is 10.1. The quantitative estimate of drug-likeness (QED) is 0.841. The van der Waals surface area contributed by atoms with Gasteiger partial charge in [0.05, 0.1) is 11.7 Å². The molecule has 2 rings (SSSR count). The molecule has 1 atom stereocenters. The summed E-state index contributed by atoms with van der Waals surface area (Å²) >= 11 is 0. The van der Waals surface area contributed by atoms with E-state index in [1.807, 2.05) is 6.92 Å². The Hall–Kier alpha value is -1.42. The molecule has 1 aliphatic heterocycles. The van der Waals surface area contributed by atoms with E-state index in [1.165, 1.54) is 6.07 Å². The van der Waals surface area contributed by atoms with Crippen molar-refractivity contribution in [2.75, 3.05) is 20.2 Å². The van der Waals surface area contributed by atoms with Crippen molar-refractivity contribution >= 4 is 5.91 Å². The Morgan fingerprint density at radius 3 is 2.95 bits per heavy atom. The van der Waals surface area contributed by atoms with Crippen molar-refractivity contribution in [3.63, 3.8) is 0 Å². The predicted octanol–water partition coefficient (Wildman–Crippen LogP) is 2.78. The molecule has 1 saturated heterocycles. The second-order valence-corrected chi connectivity index (χ2v) is 5.16. The summed E-state index contributed by atoms with van der Waals surface area (Å²) in [7, 11) is 1.70.